The molecule has 1 aromatic heterocycles. The minimum absolute atomic E-state index is 0.0687. The van der Waals surface area contributed by atoms with E-state index in [1.54, 1.807) is 20.8 Å². The second-order valence-corrected chi connectivity index (χ2v) is 8.06. The molecule has 2 aromatic rings. The summed E-state index contributed by atoms with van der Waals surface area (Å²) in [5, 5.41) is 14.4. The van der Waals surface area contributed by atoms with Crippen LogP contribution in [0.2, 0.25) is 0 Å². The maximum absolute atomic E-state index is 12.3. The fourth-order valence-corrected chi connectivity index (χ4v) is 2.69. The molecule has 10 heteroatoms. The third-order valence-corrected chi connectivity index (χ3v) is 4.13. The van der Waals surface area contributed by atoms with Crippen molar-refractivity contribution in [1.82, 2.24) is 15.6 Å². The number of carboxylic acid groups (broad SMARTS) is 1. The molecule has 0 aliphatic carbocycles. The van der Waals surface area contributed by atoms with Crippen LogP contribution in [0.15, 0.2) is 41.0 Å². The van der Waals surface area contributed by atoms with Gasteiger partial charge in [0, 0.05) is 6.54 Å². The van der Waals surface area contributed by atoms with E-state index in [0.717, 1.165) is 11.8 Å². The van der Waals surface area contributed by atoms with E-state index in [0.29, 0.717) is 25.8 Å². The molecule has 0 unspecified atom stereocenters. The normalized spacial score (nSPS) is 12.0. The molecular weight excluding hydrogens is 418 g/mol. The van der Waals surface area contributed by atoms with Crippen LogP contribution in [-0.4, -0.2) is 40.4 Å². The van der Waals surface area contributed by atoms with Gasteiger partial charge >= 0.3 is 18.2 Å². The standard InChI is InChI=1S/C22H29N3O7/c1-22(2,3)32-20(28)23-12-8-7-11-16(18-24-17(14-30-18)19(26)27)25-21(29)31-13-15-9-5-4-6-10-15/h4-6,9-10,14,16H,7-8,11-13H2,1-3H3,(H,23,28)(H,25,29)(H,26,27)/t16-/m0/s1. The van der Waals surface area contributed by atoms with Crippen LogP contribution in [0.4, 0.5) is 9.59 Å². The molecule has 0 spiro atoms. The maximum Gasteiger partial charge on any atom is 0.408 e. The lowest BCUT2D eigenvalue weighted by atomic mass is 10.1. The van der Waals surface area contributed by atoms with Crippen LogP contribution in [0.1, 0.15) is 68.0 Å². The second-order valence-electron chi connectivity index (χ2n) is 8.06. The molecule has 10 nitrogen and oxygen atoms in total. The summed E-state index contributed by atoms with van der Waals surface area (Å²) < 4.78 is 15.7. The molecule has 0 radical (unpaired) electrons. The molecule has 0 fully saturated rings. The molecule has 32 heavy (non-hydrogen) atoms. The van der Waals surface area contributed by atoms with Crippen LogP contribution < -0.4 is 10.6 Å². The molecule has 174 valence electrons. The molecule has 0 aliphatic heterocycles. The van der Waals surface area contributed by atoms with Crippen LogP contribution in [0.5, 0.6) is 0 Å². The number of carbonyl (C=O) groups is 3. The lowest BCUT2D eigenvalue weighted by Gasteiger charge is -2.19. The van der Waals surface area contributed by atoms with Gasteiger partial charge in [-0.2, -0.15) is 0 Å². The minimum atomic E-state index is -1.23. The molecule has 0 saturated heterocycles. The van der Waals surface area contributed by atoms with Gasteiger partial charge in [0.15, 0.2) is 5.69 Å². The fourth-order valence-electron chi connectivity index (χ4n) is 2.69. The number of unbranched alkanes of at least 4 members (excludes halogenated alkanes) is 1. The van der Waals surface area contributed by atoms with Gasteiger partial charge in [0.05, 0.1) is 0 Å². The van der Waals surface area contributed by atoms with Crippen LogP contribution in [0.3, 0.4) is 0 Å². The van der Waals surface area contributed by atoms with Crippen molar-refractivity contribution >= 4 is 18.2 Å². The van der Waals surface area contributed by atoms with Gasteiger partial charge in [-0.1, -0.05) is 30.3 Å². The van der Waals surface area contributed by atoms with E-state index >= 15 is 0 Å². The average Bonchev–Trinajstić information content (AvgIpc) is 3.21. The molecular formula is C22H29N3O7. The number of rotatable bonds is 10. The molecule has 0 bridgehead atoms. The number of ether oxygens (including phenoxy) is 2. The van der Waals surface area contributed by atoms with Gasteiger partial charge in [-0.3, -0.25) is 0 Å². The molecule has 1 atom stereocenters. The minimum Gasteiger partial charge on any atom is -0.476 e. The topological polar surface area (TPSA) is 140 Å². The SMILES string of the molecule is CC(C)(C)OC(=O)NCCCC[C@H](NC(=O)OCc1ccccc1)c1nc(C(=O)O)co1. The highest BCUT2D eigenvalue weighted by atomic mass is 16.6. The molecule has 1 aromatic carbocycles. The average molecular weight is 447 g/mol. The first-order valence-electron chi connectivity index (χ1n) is 10.3. The Morgan fingerprint density at radius 3 is 2.47 bits per heavy atom. The molecule has 1 heterocycles. The summed E-state index contributed by atoms with van der Waals surface area (Å²) in [7, 11) is 0. The summed E-state index contributed by atoms with van der Waals surface area (Å²) >= 11 is 0. The fraction of sp³-hybridized carbons (Fsp3) is 0.455. The Kier molecular flexibility index (Phi) is 9.06. The van der Waals surface area contributed by atoms with Crippen LogP contribution >= 0.6 is 0 Å². The monoisotopic (exact) mass is 447 g/mol. The first-order chi connectivity index (χ1) is 15.1. The van der Waals surface area contributed by atoms with E-state index in [4.69, 9.17) is 19.0 Å². The van der Waals surface area contributed by atoms with Gasteiger partial charge in [0.1, 0.15) is 24.5 Å². The second kappa shape index (κ2) is 11.7. The number of carboxylic acids is 1. The third kappa shape index (κ3) is 9.07. The van der Waals surface area contributed by atoms with Crippen LogP contribution in [0, 0.1) is 0 Å². The zero-order chi connectivity index (χ0) is 23.6. The van der Waals surface area contributed by atoms with Gasteiger partial charge in [0.25, 0.3) is 0 Å². The highest BCUT2D eigenvalue weighted by Crippen LogP contribution is 2.20. The number of oxazole rings is 1. The molecule has 2 rings (SSSR count). The third-order valence-electron chi connectivity index (χ3n) is 4.13. The van der Waals surface area contributed by atoms with Crippen molar-refractivity contribution in [2.75, 3.05) is 6.54 Å². The largest absolute Gasteiger partial charge is 0.476 e. The zero-order valence-electron chi connectivity index (χ0n) is 18.4. The van der Waals surface area contributed by atoms with Crippen molar-refractivity contribution in [3.63, 3.8) is 0 Å². The number of benzene rings is 1. The number of amides is 2. The number of hydrogen-bond acceptors (Lipinski definition) is 7. The number of aromatic carboxylic acids is 1. The molecule has 3 N–H and O–H groups in total. The van der Waals surface area contributed by atoms with E-state index in [9.17, 15) is 14.4 Å². The number of hydrogen-bond donors (Lipinski definition) is 3. The summed E-state index contributed by atoms with van der Waals surface area (Å²) in [5.41, 5.74) is -0.000747. The molecule has 2 amide bonds. The number of nitrogens with zero attached hydrogens (tertiary/aromatic N) is 1. The summed E-state index contributed by atoms with van der Waals surface area (Å²) in [6.45, 7) is 5.81. The first kappa shape index (κ1) is 24.7. The van der Waals surface area contributed by atoms with Crippen molar-refractivity contribution in [2.45, 2.75) is 58.3 Å². The Labute approximate surface area is 186 Å². The van der Waals surface area contributed by atoms with E-state index < -0.39 is 29.8 Å². The Morgan fingerprint density at radius 1 is 1.12 bits per heavy atom. The number of alkyl carbamates (subject to hydrolysis) is 2. The maximum atomic E-state index is 12.3. The van der Waals surface area contributed by atoms with E-state index in [1.807, 2.05) is 30.3 Å². The van der Waals surface area contributed by atoms with Crippen molar-refractivity contribution in [3.05, 3.63) is 53.7 Å². The summed E-state index contributed by atoms with van der Waals surface area (Å²) in [6, 6.07) is 8.51. The molecule has 0 aliphatic rings. The molecule has 0 saturated carbocycles. The Bertz CT molecular complexity index is 890. The van der Waals surface area contributed by atoms with Gasteiger partial charge in [-0.15, -0.1) is 0 Å². The van der Waals surface area contributed by atoms with Gasteiger partial charge < -0.3 is 29.6 Å². The number of nitrogens with one attached hydrogen (secondary N) is 2. The van der Waals surface area contributed by atoms with Crippen LogP contribution in [-0.2, 0) is 16.1 Å². The smallest absolute Gasteiger partial charge is 0.408 e. The van der Waals surface area contributed by atoms with Gasteiger partial charge in [-0.25, -0.2) is 19.4 Å². The highest BCUT2D eigenvalue weighted by Gasteiger charge is 2.22. The summed E-state index contributed by atoms with van der Waals surface area (Å²) in [5.74, 6) is -1.16. The quantitative estimate of drug-likeness (QED) is 0.464. The van der Waals surface area contributed by atoms with E-state index in [1.165, 1.54) is 0 Å². The van der Waals surface area contributed by atoms with Crippen molar-refractivity contribution in [1.29, 1.82) is 0 Å². The Hall–Kier alpha value is -3.56. The van der Waals surface area contributed by atoms with Gasteiger partial charge in [0.2, 0.25) is 5.89 Å². The van der Waals surface area contributed by atoms with E-state index in [2.05, 4.69) is 15.6 Å². The first-order valence-corrected chi connectivity index (χ1v) is 10.3. The lowest BCUT2D eigenvalue weighted by molar-refractivity contribution is 0.0526. The lowest BCUT2D eigenvalue weighted by Crippen LogP contribution is -2.33. The van der Waals surface area contributed by atoms with Crippen molar-refractivity contribution in [3.8, 4) is 0 Å². The van der Waals surface area contributed by atoms with Gasteiger partial charge in [-0.05, 0) is 45.6 Å². The van der Waals surface area contributed by atoms with Crippen molar-refractivity contribution < 1.29 is 33.4 Å². The Morgan fingerprint density at radius 2 is 1.84 bits per heavy atom. The predicted octanol–water partition coefficient (Wildman–Crippen LogP) is 4.04. The Balaban J connectivity index is 1.87. The summed E-state index contributed by atoms with van der Waals surface area (Å²) in [6.07, 6.45) is 1.42. The number of aromatic nitrogens is 1. The van der Waals surface area contributed by atoms with Crippen LogP contribution in [0.25, 0.3) is 0 Å². The number of carbonyl (C=O) groups excluding carboxylic acids is 2. The summed E-state index contributed by atoms with van der Waals surface area (Å²) in [4.78, 5) is 39.0. The van der Waals surface area contributed by atoms with Crippen molar-refractivity contribution in [2.24, 2.45) is 0 Å². The zero-order valence-corrected chi connectivity index (χ0v) is 18.4. The highest BCUT2D eigenvalue weighted by molar-refractivity contribution is 5.84. The van der Waals surface area contributed by atoms with E-state index in [-0.39, 0.29) is 18.2 Å². The predicted molar refractivity (Wildman–Crippen MR) is 114 cm³/mol.